The van der Waals surface area contributed by atoms with Crippen molar-refractivity contribution in [1.82, 2.24) is 9.97 Å². The number of esters is 1. The first-order valence-corrected chi connectivity index (χ1v) is 6.83. The lowest BCUT2D eigenvalue weighted by Gasteiger charge is -2.42. The average molecular weight is 293 g/mol. The van der Waals surface area contributed by atoms with Gasteiger partial charge >= 0.3 is 11.9 Å². The molecule has 1 atom stereocenters. The fourth-order valence-electron chi connectivity index (χ4n) is 2.58. The van der Waals surface area contributed by atoms with E-state index in [0.29, 0.717) is 24.5 Å². The second-order valence-corrected chi connectivity index (χ2v) is 5.37. The second-order valence-electron chi connectivity index (χ2n) is 5.37. The van der Waals surface area contributed by atoms with E-state index in [4.69, 9.17) is 0 Å². The Morgan fingerprint density at radius 2 is 2.10 bits per heavy atom. The number of hydrogen-bond acceptors (Lipinski definition) is 6. The molecule has 7 heteroatoms. The van der Waals surface area contributed by atoms with Gasteiger partial charge in [0.25, 0.3) is 0 Å². The zero-order valence-electron chi connectivity index (χ0n) is 12.4. The summed E-state index contributed by atoms with van der Waals surface area (Å²) < 4.78 is 4.63. The van der Waals surface area contributed by atoms with Crippen LogP contribution < -0.4 is 4.90 Å². The number of carbonyl (C=O) groups is 2. The minimum absolute atomic E-state index is 0.0502. The summed E-state index contributed by atoms with van der Waals surface area (Å²) in [6.45, 7) is 4.00. The Kier molecular flexibility index (Phi) is 4.11. The smallest absolute Gasteiger partial charge is 0.376 e. The molecule has 2 heterocycles. The van der Waals surface area contributed by atoms with E-state index in [1.165, 1.54) is 7.11 Å². The van der Waals surface area contributed by atoms with E-state index in [2.05, 4.69) is 14.7 Å². The number of rotatable bonds is 3. The fourth-order valence-corrected chi connectivity index (χ4v) is 2.58. The summed E-state index contributed by atoms with van der Waals surface area (Å²) in [5.74, 6) is -1.12. The van der Waals surface area contributed by atoms with Crippen molar-refractivity contribution in [2.45, 2.75) is 38.6 Å². The van der Waals surface area contributed by atoms with E-state index in [-0.39, 0.29) is 5.82 Å². The molecule has 1 saturated heterocycles. The molecule has 1 aliphatic rings. The van der Waals surface area contributed by atoms with Crippen molar-refractivity contribution in [3.05, 3.63) is 17.6 Å². The summed E-state index contributed by atoms with van der Waals surface area (Å²) in [5.41, 5.74) is -0.425. The van der Waals surface area contributed by atoms with Gasteiger partial charge in [-0.05, 0) is 33.1 Å². The maximum absolute atomic E-state index is 11.6. The predicted molar refractivity (Wildman–Crippen MR) is 75.3 cm³/mol. The molecule has 0 aliphatic carbocycles. The predicted octanol–water partition coefficient (Wildman–Crippen LogP) is 1.41. The lowest BCUT2D eigenvalue weighted by Crippen LogP contribution is -2.55. The molecule has 1 aliphatic heterocycles. The maximum Gasteiger partial charge on any atom is 0.376 e. The first kappa shape index (κ1) is 15.2. The minimum Gasteiger partial charge on any atom is -0.480 e. The van der Waals surface area contributed by atoms with E-state index in [1.54, 1.807) is 24.8 Å². The number of piperidine rings is 1. The Bertz CT molecular complexity index is 575. The van der Waals surface area contributed by atoms with Crippen LogP contribution in [0.25, 0.3) is 0 Å². The standard InChI is InChI=1S/C14H19N3O4/c1-9-8-10(16-11(15-9)12(18)21-3)17-7-5-4-6-14(17,2)13(19)20/h8H,4-7H2,1-3H3,(H,19,20). The summed E-state index contributed by atoms with van der Waals surface area (Å²) in [4.78, 5) is 33.2. The van der Waals surface area contributed by atoms with Crippen molar-refractivity contribution in [2.75, 3.05) is 18.6 Å². The lowest BCUT2D eigenvalue weighted by atomic mass is 9.88. The number of hydrogen-bond donors (Lipinski definition) is 1. The third kappa shape index (κ3) is 2.81. The van der Waals surface area contributed by atoms with Crippen molar-refractivity contribution in [3.8, 4) is 0 Å². The van der Waals surface area contributed by atoms with Crippen LogP contribution in [0, 0.1) is 6.92 Å². The van der Waals surface area contributed by atoms with Crippen LogP contribution in [0.2, 0.25) is 0 Å². The van der Waals surface area contributed by atoms with Gasteiger partial charge in [-0.1, -0.05) is 0 Å². The molecule has 0 amide bonds. The van der Waals surface area contributed by atoms with Crippen LogP contribution >= 0.6 is 0 Å². The van der Waals surface area contributed by atoms with Crippen LogP contribution in [0.5, 0.6) is 0 Å². The van der Waals surface area contributed by atoms with Gasteiger partial charge in [-0.25, -0.2) is 19.6 Å². The molecule has 0 aromatic carbocycles. The third-order valence-corrected chi connectivity index (χ3v) is 3.84. The molecule has 0 spiro atoms. The Hall–Kier alpha value is -2.18. The van der Waals surface area contributed by atoms with Crippen LogP contribution in [0.3, 0.4) is 0 Å². The molecule has 0 saturated carbocycles. The number of anilines is 1. The highest BCUT2D eigenvalue weighted by Gasteiger charge is 2.42. The van der Waals surface area contributed by atoms with Gasteiger partial charge in [0.1, 0.15) is 11.4 Å². The second kappa shape index (κ2) is 5.67. The van der Waals surface area contributed by atoms with Gasteiger partial charge in [0.05, 0.1) is 7.11 Å². The summed E-state index contributed by atoms with van der Waals surface area (Å²) in [5, 5.41) is 9.55. The number of aliphatic carboxylic acids is 1. The normalized spacial score (nSPS) is 22.0. The van der Waals surface area contributed by atoms with Crippen molar-refractivity contribution in [3.63, 3.8) is 0 Å². The number of carboxylic acid groups (broad SMARTS) is 1. The molecule has 2 rings (SSSR count). The van der Waals surface area contributed by atoms with E-state index in [1.807, 2.05) is 0 Å². The van der Waals surface area contributed by atoms with Gasteiger partial charge in [-0.15, -0.1) is 0 Å². The zero-order chi connectivity index (χ0) is 15.6. The molecule has 0 bridgehead atoms. The van der Waals surface area contributed by atoms with Crippen LogP contribution in [0.4, 0.5) is 5.82 Å². The summed E-state index contributed by atoms with van der Waals surface area (Å²) in [6, 6.07) is 1.69. The Labute approximate surface area is 123 Å². The number of nitrogens with zero attached hydrogens (tertiary/aromatic N) is 3. The molecular formula is C14H19N3O4. The van der Waals surface area contributed by atoms with E-state index in [0.717, 1.165) is 12.8 Å². The SMILES string of the molecule is COC(=O)c1nc(C)cc(N2CCCCC2(C)C(=O)O)n1. The Morgan fingerprint density at radius 1 is 1.38 bits per heavy atom. The monoisotopic (exact) mass is 293 g/mol. The van der Waals surface area contributed by atoms with Crippen molar-refractivity contribution in [1.29, 1.82) is 0 Å². The molecule has 1 aromatic heterocycles. The summed E-state index contributed by atoms with van der Waals surface area (Å²) >= 11 is 0. The highest BCUT2D eigenvalue weighted by atomic mass is 16.5. The number of aromatic nitrogens is 2. The quantitative estimate of drug-likeness (QED) is 0.842. The van der Waals surface area contributed by atoms with Gasteiger partial charge in [-0.2, -0.15) is 0 Å². The molecule has 21 heavy (non-hydrogen) atoms. The topological polar surface area (TPSA) is 92.6 Å². The van der Waals surface area contributed by atoms with Gasteiger partial charge in [-0.3, -0.25) is 0 Å². The fraction of sp³-hybridized carbons (Fsp3) is 0.571. The van der Waals surface area contributed by atoms with E-state index in [9.17, 15) is 14.7 Å². The number of aryl methyl sites for hydroxylation is 1. The molecule has 1 N–H and O–H groups in total. The zero-order valence-corrected chi connectivity index (χ0v) is 12.4. The molecule has 0 radical (unpaired) electrons. The maximum atomic E-state index is 11.6. The van der Waals surface area contributed by atoms with Crippen LogP contribution in [0.1, 0.15) is 42.5 Å². The van der Waals surface area contributed by atoms with Crippen molar-refractivity contribution < 1.29 is 19.4 Å². The molecule has 7 nitrogen and oxygen atoms in total. The molecule has 1 fully saturated rings. The molecule has 114 valence electrons. The highest BCUT2D eigenvalue weighted by Crippen LogP contribution is 2.32. The average Bonchev–Trinajstić information content (AvgIpc) is 2.46. The number of carboxylic acids is 1. The minimum atomic E-state index is -1.02. The molecular weight excluding hydrogens is 274 g/mol. The number of carbonyl (C=O) groups excluding carboxylic acids is 1. The third-order valence-electron chi connectivity index (χ3n) is 3.84. The van der Waals surface area contributed by atoms with Gasteiger partial charge < -0.3 is 14.7 Å². The van der Waals surface area contributed by atoms with Gasteiger partial charge in [0, 0.05) is 18.3 Å². The van der Waals surface area contributed by atoms with Crippen LogP contribution in [0.15, 0.2) is 6.07 Å². The van der Waals surface area contributed by atoms with Crippen LogP contribution in [-0.4, -0.2) is 46.2 Å². The molecule has 1 aromatic rings. The summed E-state index contributed by atoms with van der Waals surface area (Å²) in [7, 11) is 1.26. The number of ether oxygens (including phenoxy) is 1. The largest absolute Gasteiger partial charge is 0.480 e. The van der Waals surface area contributed by atoms with Gasteiger partial charge in [0.2, 0.25) is 5.82 Å². The summed E-state index contributed by atoms with van der Waals surface area (Å²) in [6.07, 6.45) is 2.28. The lowest BCUT2D eigenvalue weighted by molar-refractivity contribution is -0.143. The molecule has 1 unspecified atom stereocenters. The van der Waals surface area contributed by atoms with E-state index < -0.39 is 17.5 Å². The van der Waals surface area contributed by atoms with Crippen LogP contribution in [-0.2, 0) is 9.53 Å². The first-order valence-electron chi connectivity index (χ1n) is 6.83. The Morgan fingerprint density at radius 3 is 2.71 bits per heavy atom. The van der Waals surface area contributed by atoms with E-state index >= 15 is 0 Å². The van der Waals surface area contributed by atoms with Crippen molar-refractivity contribution in [2.24, 2.45) is 0 Å². The highest BCUT2D eigenvalue weighted by molar-refractivity contribution is 5.86. The first-order chi connectivity index (χ1) is 9.88. The van der Waals surface area contributed by atoms with Gasteiger partial charge in [0.15, 0.2) is 0 Å². The number of methoxy groups -OCH3 is 1. The van der Waals surface area contributed by atoms with Crippen molar-refractivity contribution >= 4 is 17.8 Å². The Balaban J connectivity index is 2.46.